The highest BCUT2D eigenvalue weighted by Gasteiger charge is 2.77. The van der Waals surface area contributed by atoms with Gasteiger partial charge in [-0.05, 0) is 190 Å². The van der Waals surface area contributed by atoms with Crippen molar-refractivity contribution in [2.75, 3.05) is 24.7 Å². The van der Waals surface area contributed by atoms with Crippen molar-refractivity contribution in [2.24, 2.45) is 104 Å². The summed E-state index contributed by atoms with van der Waals surface area (Å²) >= 11 is 0. The molecule has 1 spiro atoms. The molecule has 97 heavy (non-hydrogen) atoms. The van der Waals surface area contributed by atoms with Crippen LogP contribution in [-0.4, -0.2) is 147 Å². The number of ether oxygens (including phenoxy) is 1. The standard InChI is InChI=1S/C77H101N5O13S2/c1-5-59-61(60(70(91)95-59)47-23-28-79-37-47)50-13-9-12-46-33-77(94)64-54(72(3)35-58(86)66(87)52-40-97-96-39-48(43-16-19-49(84)20-17-43)32-57(85)56(38-83)82-65(64)67(88)63(52)72)22-24-74(77,27-29-80-71(78)81-36-42-10-7-6-8-11-42)68(46)73(4,92)75(93)25-26-76-53(50)21-18-45(62(76)51(34-75)69(89)90)31-44-15-14-41(2)30-55(44)76/h6-8,10-11,16-17,19-20,23,28,31,37,41,45-46,48,50-56,58-63,66,68-69,79,82-84,86-87,89-90,92-94H,5,12,14-15,18,21-22,24-27,29-30,32-36,38-40H2,1-4H3,(H3,78,80,81)/t41-,45+,46-,48+,50+,51-,52-,53+,54+,55-,56-,58+,59-,60+,61-,62+,63+,66-,68-,72-,73-,74+,75-,76-,77-/m1/s1. The van der Waals surface area contributed by atoms with E-state index in [1.54, 1.807) is 31.2 Å². The molecule has 2 saturated heterocycles. The number of allylic oxidation sites excluding steroid dienone is 3. The van der Waals surface area contributed by atoms with Crippen LogP contribution in [0, 0.1) is 105 Å². The minimum Gasteiger partial charge on any atom is -0.508 e. The number of phenolic OH excluding ortho intramolecular Hbond substituents is 1. The van der Waals surface area contributed by atoms with Crippen molar-refractivity contribution in [1.82, 2.24) is 15.6 Å². The molecular weight excluding hydrogens is 1270 g/mol. The number of Topliss-reactive ketones (excluding diaryl/α,β-unsaturated/α-hetero) is 2. The van der Waals surface area contributed by atoms with Crippen molar-refractivity contribution in [3.05, 3.63) is 113 Å². The fourth-order valence-electron chi connectivity index (χ4n) is 23.6. The number of H-pyrrole nitrogens is 1. The van der Waals surface area contributed by atoms with Gasteiger partial charge in [-0.3, -0.25) is 14.4 Å². The molecule has 18 nitrogen and oxygen atoms in total. The van der Waals surface area contributed by atoms with Gasteiger partial charge < -0.3 is 72.0 Å². The third-order valence-electron chi connectivity index (χ3n) is 27.6. The van der Waals surface area contributed by atoms with Crippen LogP contribution in [0.1, 0.15) is 159 Å². The number of aliphatic hydroxyl groups excluding tert-OH is 4. The highest BCUT2D eigenvalue weighted by Crippen LogP contribution is 2.76. The number of rotatable bonds is 11. The topological polar surface area (TPSA) is 321 Å². The third-order valence-corrected chi connectivity index (χ3v) is 30.2. The number of aliphatic imine (C=N–C) groups is 1. The molecule has 9 aliphatic carbocycles. The van der Waals surface area contributed by atoms with Crippen LogP contribution in [0.4, 0.5) is 0 Å². The number of carbonyl (C=O) groups is 3. The van der Waals surface area contributed by atoms with Gasteiger partial charge in [0.15, 0.2) is 23.8 Å². The van der Waals surface area contributed by atoms with Crippen LogP contribution < -0.4 is 16.4 Å². The molecule has 3 aromatic rings. The highest BCUT2D eigenvalue weighted by atomic mass is 33.1. The monoisotopic (exact) mass is 1370 g/mol. The first-order valence-corrected chi connectivity index (χ1v) is 38.6. The van der Waals surface area contributed by atoms with E-state index in [4.69, 9.17) is 15.5 Å². The summed E-state index contributed by atoms with van der Waals surface area (Å²) in [7, 11) is 2.96. The van der Waals surface area contributed by atoms with Crippen LogP contribution in [-0.2, 0) is 25.7 Å². The van der Waals surface area contributed by atoms with E-state index in [0.29, 0.717) is 36.5 Å². The number of ketones is 2. The lowest BCUT2D eigenvalue weighted by atomic mass is 9.40. The van der Waals surface area contributed by atoms with Crippen molar-refractivity contribution in [2.45, 2.75) is 196 Å². The number of aromatic nitrogens is 1. The second-order valence-corrected chi connectivity index (χ2v) is 34.7. The van der Waals surface area contributed by atoms with E-state index in [0.717, 1.165) is 48.8 Å². The summed E-state index contributed by atoms with van der Waals surface area (Å²) in [6, 6.07) is 16.9. The van der Waals surface area contributed by atoms with Gasteiger partial charge in [0.25, 0.3) is 0 Å². The Hall–Kier alpha value is -5.18. The van der Waals surface area contributed by atoms with Gasteiger partial charge in [-0.1, -0.05) is 102 Å². The summed E-state index contributed by atoms with van der Waals surface area (Å²) in [4.78, 5) is 54.5. The maximum atomic E-state index is 16.6. The second kappa shape index (κ2) is 26.3. The van der Waals surface area contributed by atoms with Crippen molar-refractivity contribution in [3.8, 4) is 17.6 Å². The Bertz CT molecular complexity index is 3610. The zero-order chi connectivity index (χ0) is 68.3. The van der Waals surface area contributed by atoms with Gasteiger partial charge in [-0.25, -0.2) is 4.99 Å². The number of hydrogen-bond acceptors (Lipinski definition) is 17. The first-order chi connectivity index (χ1) is 46.4. The summed E-state index contributed by atoms with van der Waals surface area (Å²) in [5.41, 5.74) is 1.38. The lowest BCUT2D eigenvalue weighted by Gasteiger charge is -2.64. The number of guanidine groups is 1. The van der Waals surface area contributed by atoms with Crippen molar-refractivity contribution >= 4 is 45.1 Å². The first kappa shape index (κ1) is 68.9. The highest BCUT2D eigenvalue weighted by molar-refractivity contribution is 8.76. The van der Waals surface area contributed by atoms with Crippen molar-refractivity contribution in [1.29, 1.82) is 0 Å². The van der Waals surface area contributed by atoms with E-state index >= 15 is 14.7 Å². The van der Waals surface area contributed by atoms with E-state index in [1.165, 1.54) is 27.2 Å². The summed E-state index contributed by atoms with van der Waals surface area (Å²) in [5, 5.41) is 123. The number of hydrogen-bond donors (Lipinski definition) is 13. The Morgan fingerprint density at radius 3 is 2.42 bits per heavy atom. The minimum absolute atomic E-state index is 0.00400. The summed E-state index contributed by atoms with van der Waals surface area (Å²) in [6.07, 6.45) is 6.73. The Morgan fingerprint density at radius 1 is 0.918 bits per heavy atom. The van der Waals surface area contributed by atoms with E-state index in [9.17, 15) is 45.6 Å². The average molecular weight is 1370 g/mol. The molecule has 5 bridgehead atoms. The maximum Gasteiger partial charge on any atom is 0.314 e. The first-order valence-electron chi connectivity index (χ1n) is 36.1. The fourth-order valence-corrected chi connectivity index (χ4v) is 26.3. The molecule has 0 radical (unpaired) electrons. The van der Waals surface area contributed by atoms with E-state index in [-0.39, 0.29) is 123 Å². The summed E-state index contributed by atoms with van der Waals surface area (Å²) in [6.45, 7) is 7.68. The molecule has 1 aromatic heterocycles. The van der Waals surface area contributed by atoms with Gasteiger partial charge in [0.1, 0.15) is 17.9 Å². The lowest BCUT2D eigenvalue weighted by Crippen LogP contribution is -2.69. The number of aromatic amines is 1. The van der Waals surface area contributed by atoms with Gasteiger partial charge in [0.05, 0.1) is 53.8 Å². The molecule has 2 aromatic carbocycles. The number of nitrogens with zero attached hydrogens (tertiary/aromatic N) is 1. The predicted molar refractivity (Wildman–Crippen MR) is 370 cm³/mol. The third kappa shape index (κ3) is 11.2. The van der Waals surface area contributed by atoms with Crippen molar-refractivity contribution in [3.63, 3.8) is 0 Å². The Labute approximate surface area is 577 Å². The predicted octanol–water partition coefficient (Wildman–Crippen LogP) is 7.92. The molecule has 11 aliphatic rings. The number of phenols is 1. The Balaban J connectivity index is 0.983. The van der Waals surface area contributed by atoms with Gasteiger partial charge in [0, 0.05) is 90.1 Å². The van der Waals surface area contributed by atoms with Crippen LogP contribution in [0.5, 0.6) is 5.75 Å². The Kier molecular flexibility index (Phi) is 18.7. The number of nitrogens with one attached hydrogen (secondary N) is 3. The maximum absolute atomic E-state index is 16.6. The van der Waals surface area contributed by atoms with Crippen LogP contribution in [0.15, 0.2) is 101 Å². The molecule has 25 atom stereocenters. The average Bonchev–Trinajstić information content (AvgIpc) is 1.60. The molecular formula is C77H101N5O13S2. The molecule has 6 saturated carbocycles. The quantitative estimate of drug-likeness (QED) is 0.0165. The number of esters is 1. The molecule has 2 aliphatic heterocycles. The fraction of sp³-hybridized carbons (Fsp3) is 0.662. The van der Waals surface area contributed by atoms with E-state index in [2.05, 4.69) is 40.5 Å². The normalized spacial score (nSPS) is 44.2. The van der Waals surface area contributed by atoms with Crippen LogP contribution in [0.3, 0.4) is 0 Å². The number of fused-ring (bicyclic) bond motifs is 10. The molecule has 524 valence electrons. The number of benzene rings is 2. The lowest BCUT2D eigenvalue weighted by molar-refractivity contribution is -0.236. The van der Waals surface area contributed by atoms with Crippen LogP contribution >= 0.6 is 21.6 Å². The SMILES string of the molecule is CC[C@H]1OC(=O)[C@@H](c2cc[nH]c2)[C@@H]1[C@H]1C#CC[C@@H]2C[C@@]3(O)C4=C5N[C@H](CO)C(=O)C[C@H](c6ccc(O)cc6)CSSC[C@H]6[C@@H](O)[C@@H](O)C[C@@](C)([C@@H]6C5=O)[C@H]4CC[C@]3(CCNC(N)=NCc3ccccc3)[C@H]2[C@@](C)(O)[C@@]2(O)CC[C@]34[C@@H]([C@H](C=C5CC[C@@H](C)C[C@H]53)CC[C@@H]14)[C@H](C(O)O)C2. The molecule has 3 heterocycles. The largest absolute Gasteiger partial charge is 0.508 e. The molecule has 0 amide bonds. The number of aliphatic hydroxyl groups is 8. The minimum atomic E-state index is -2.15. The summed E-state index contributed by atoms with van der Waals surface area (Å²) in [5.74, 6) is 0.0813. The van der Waals surface area contributed by atoms with E-state index < -0.39 is 135 Å². The second-order valence-electron chi connectivity index (χ2n) is 32.1. The van der Waals surface area contributed by atoms with E-state index in [1.807, 2.05) is 62.6 Å². The van der Waals surface area contributed by atoms with Gasteiger partial charge in [-0.2, -0.15) is 0 Å². The zero-order valence-electron chi connectivity index (χ0n) is 56.4. The zero-order valence-corrected chi connectivity index (χ0v) is 58.0. The molecule has 14 N–H and O–H groups in total. The van der Waals surface area contributed by atoms with Gasteiger partial charge in [-0.15, -0.1) is 5.92 Å². The van der Waals surface area contributed by atoms with Crippen molar-refractivity contribution < 1.29 is 65.1 Å². The number of carbonyl (C=O) groups excluding carboxylic acids is 3. The van der Waals surface area contributed by atoms with Gasteiger partial charge >= 0.3 is 5.97 Å². The van der Waals surface area contributed by atoms with Gasteiger partial charge in [0.2, 0.25) is 0 Å². The van der Waals surface area contributed by atoms with Crippen LogP contribution in [0.25, 0.3) is 0 Å². The molecule has 14 rings (SSSR count). The summed E-state index contributed by atoms with van der Waals surface area (Å²) < 4.78 is 6.49. The number of cyclic esters (lactones) is 1. The molecule has 20 heteroatoms. The van der Waals surface area contributed by atoms with Crippen LogP contribution in [0.2, 0.25) is 0 Å². The number of nitrogens with two attached hydrogens (primary N) is 1. The number of aromatic hydroxyl groups is 1. The molecule has 8 fully saturated rings. The molecule has 0 unspecified atom stereocenters. The smallest absolute Gasteiger partial charge is 0.314 e. The Morgan fingerprint density at radius 2 is 1.69 bits per heavy atom.